The molecule has 0 spiro atoms. The van der Waals surface area contributed by atoms with Crippen molar-refractivity contribution in [2.24, 2.45) is 0 Å². The SMILES string of the molecule is Cc1c(C#N)c2ccccn2c1-c1ccccc1. The van der Waals surface area contributed by atoms with Crippen LogP contribution < -0.4 is 0 Å². The molecule has 0 unspecified atom stereocenters. The van der Waals surface area contributed by atoms with Crippen molar-refractivity contribution in [1.29, 1.82) is 5.26 Å². The van der Waals surface area contributed by atoms with Crippen molar-refractivity contribution in [3.05, 3.63) is 65.9 Å². The van der Waals surface area contributed by atoms with Gasteiger partial charge in [0.25, 0.3) is 0 Å². The summed E-state index contributed by atoms with van der Waals surface area (Å²) in [5.74, 6) is 0. The van der Waals surface area contributed by atoms with Gasteiger partial charge in [-0.2, -0.15) is 5.26 Å². The summed E-state index contributed by atoms with van der Waals surface area (Å²) in [5, 5.41) is 9.31. The summed E-state index contributed by atoms with van der Waals surface area (Å²) in [6.45, 7) is 2.01. The molecule has 0 atom stereocenters. The van der Waals surface area contributed by atoms with Gasteiger partial charge in [-0.15, -0.1) is 0 Å². The zero-order valence-electron chi connectivity index (χ0n) is 10.1. The molecule has 0 saturated carbocycles. The van der Waals surface area contributed by atoms with E-state index in [1.807, 2.05) is 49.5 Å². The molecule has 0 aliphatic carbocycles. The second-order valence-electron chi connectivity index (χ2n) is 4.28. The van der Waals surface area contributed by atoms with Gasteiger partial charge in [0.05, 0.1) is 16.8 Å². The number of hydrogen-bond acceptors (Lipinski definition) is 1. The molecule has 2 aromatic heterocycles. The third kappa shape index (κ3) is 1.42. The fraction of sp³-hybridized carbons (Fsp3) is 0.0625. The highest BCUT2D eigenvalue weighted by molar-refractivity contribution is 5.78. The fourth-order valence-corrected chi connectivity index (χ4v) is 2.43. The molecule has 0 saturated heterocycles. The van der Waals surface area contributed by atoms with Crippen LogP contribution in [0, 0.1) is 18.3 Å². The zero-order chi connectivity index (χ0) is 12.5. The summed E-state index contributed by atoms with van der Waals surface area (Å²) < 4.78 is 2.09. The molecule has 3 aromatic rings. The largest absolute Gasteiger partial charge is 0.315 e. The predicted octanol–water partition coefficient (Wildman–Crippen LogP) is 3.79. The van der Waals surface area contributed by atoms with E-state index in [1.165, 1.54) is 0 Å². The molecule has 0 bridgehead atoms. The Morgan fingerprint density at radius 2 is 1.72 bits per heavy atom. The maximum absolute atomic E-state index is 9.31. The molecule has 0 fully saturated rings. The van der Waals surface area contributed by atoms with Crippen LogP contribution in [-0.2, 0) is 0 Å². The smallest absolute Gasteiger partial charge is 0.102 e. The lowest BCUT2D eigenvalue weighted by molar-refractivity contribution is 1.19. The Kier molecular flexibility index (Phi) is 2.39. The first-order valence-electron chi connectivity index (χ1n) is 5.88. The molecule has 18 heavy (non-hydrogen) atoms. The Hall–Kier alpha value is -2.53. The highest BCUT2D eigenvalue weighted by Crippen LogP contribution is 2.30. The molecule has 0 aliphatic rings. The summed E-state index contributed by atoms with van der Waals surface area (Å²) in [7, 11) is 0. The first-order chi connectivity index (χ1) is 8.83. The van der Waals surface area contributed by atoms with Crippen LogP contribution >= 0.6 is 0 Å². The fourth-order valence-electron chi connectivity index (χ4n) is 2.43. The molecule has 3 rings (SSSR count). The van der Waals surface area contributed by atoms with Gasteiger partial charge in [-0.1, -0.05) is 36.4 Å². The van der Waals surface area contributed by atoms with E-state index in [0.29, 0.717) is 0 Å². The summed E-state index contributed by atoms with van der Waals surface area (Å²) in [6, 6.07) is 18.4. The number of pyridine rings is 1. The van der Waals surface area contributed by atoms with Crippen molar-refractivity contribution < 1.29 is 0 Å². The molecule has 0 radical (unpaired) electrons. The highest BCUT2D eigenvalue weighted by atomic mass is 14.9. The van der Waals surface area contributed by atoms with Gasteiger partial charge >= 0.3 is 0 Å². The Balaban J connectivity index is 2.44. The van der Waals surface area contributed by atoms with Crippen LogP contribution in [0.1, 0.15) is 11.1 Å². The lowest BCUT2D eigenvalue weighted by Crippen LogP contribution is -1.87. The van der Waals surface area contributed by atoms with E-state index in [2.05, 4.69) is 22.6 Å². The second-order valence-corrected chi connectivity index (χ2v) is 4.28. The average molecular weight is 232 g/mol. The second kappa shape index (κ2) is 4.05. The first kappa shape index (κ1) is 10.6. The van der Waals surface area contributed by atoms with E-state index in [4.69, 9.17) is 0 Å². The van der Waals surface area contributed by atoms with Crippen LogP contribution in [-0.4, -0.2) is 4.40 Å². The van der Waals surface area contributed by atoms with Gasteiger partial charge in [0.1, 0.15) is 6.07 Å². The molecular weight excluding hydrogens is 220 g/mol. The normalized spacial score (nSPS) is 10.4. The number of hydrogen-bond donors (Lipinski definition) is 0. The van der Waals surface area contributed by atoms with Gasteiger partial charge < -0.3 is 4.40 Å². The molecule has 2 heteroatoms. The molecule has 0 amide bonds. The quantitative estimate of drug-likeness (QED) is 0.627. The third-order valence-electron chi connectivity index (χ3n) is 3.25. The number of rotatable bonds is 1. The van der Waals surface area contributed by atoms with E-state index in [9.17, 15) is 5.26 Å². The minimum Gasteiger partial charge on any atom is -0.315 e. The maximum Gasteiger partial charge on any atom is 0.102 e. The van der Waals surface area contributed by atoms with Crippen LogP contribution in [0.5, 0.6) is 0 Å². The summed E-state index contributed by atoms with van der Waals surface area (Å²) in [5.41, 5.74) is 5.00. The topological polar surface area (TPSA) is 28.2 Å². The van der Waals surface area contributed by atoms with Crippen molar-refractivity contribution in [3.8, 4) is 17.3 Å². The van der Waals surface area contributed by atoms with Crippen LogP contribution in [0.3, 0.4) is 0 Å². The molecular formula is C16H12N2. The molecule has 1 aromatic carbocycles. The van der Waals surface area contributed by atoms with E-state index in [-0.39, 0.29) is 0 Å². The lowest BCUT2D eigenvalue weighted by atomic mass is 10.1. The van der Waals surface area contributed by atoms with Gasteiger partial charge in [0.15, 0.2) is 0 Å². The molecule has 2 nitrogen and oxygen atoms in total. The molecule has 2 heterocycles. The monoisotopic (exact) mass is 232 g/mol. The maximum atomic E-state index is 9.31. The van der Waals surface area contributed by atoms with Gasteiger partial charge in [-0.3, -0.25) is 0 Å². The molecule has 86 valence electrons. The van der Waals surface area contributed by atoms with E-state index >= 15 is 0 Å². The minimum absolute atomic E-state index is 0.759. The average Bonchev–Trinajstić information content (AvgIpc) is 2.71. The van der Waals surface area contributed by atoms with E-state index in [1.54, 1.807) is 0 Å². The van der Waals surface area contributed by atoms with Crippen molar-refractivity contribution >= 4 is 5.52 Å². The van der Waals surface area contributed by atoms with E-state index in [0.717, 1.165) is 27.9 Å². The Bertz CT molecular complexity index is 746. The first-order valence-corrected chi connectivity index (χ1v) is 5.88. The number of benzene rings is 1. The van der Waals surface area contributed by atoms with Gasteiger partial charge in [0.2, 0.25) is 0 Å². The van der Waals surface area contributed by atoms with Gasteiger partial charge in [0, 0.05) is 6.20 Å². The van der Waals surface area contributed by atoms with Crippen LogP contribution in [0.2, 0.25) is 0 Å². The zero-order valence-corrected chi connectivity index (χ0v) is 10.1. The van der Waals surface area contributed by atoms with Gasteiger partial charge in [-0.25, -0.2) is 0 Å². The molecule has 0 N–H and O–H groups in total. The Labute approximate surface area is 106 Å². The van der Waals surface area contributed by atoms with Crippen molar-refractivity contribution in [3.63, 3.8) is 0 Å². The standard InChI is InChI=1S/C16H12N2/c1-12-14(11-17)15-9-5-6-10-18(15)16(12)13-7-3-2-4-8-13/h2-10H,1H3. The van der Waals surface area contributed by atoms with Crippen LogP contribution in [0.25, 0.3) is 16.8 Å². The number of nitrogens with zero attached hydrogens (tertiary/aromatic N) is 2. The molecule has 0 aliphatic heterocycles. The van der Waals surface area contributed by atoms with E-state index < -0.39 is 0 Å². The van der Waals surface area contributed by atoms with Gasteiger partial charge in [-0.05, 0) is 30.2 Å². The van der Waals surface area contributed by atoms with Crippen LogP contribution in [0.15, 0.2) is 54.7 Å². The summed E-state index contributed by atoms with van der Waals surface area (Å²) in [4.78, 5) is 0. The van der Waals surface area contributed by atoms with Crippen LogP contribution in [0.4, 0.5) is 0 Å². The minimum atomic E-state index is 0.759. The Morgan fingerprint density at radius 1 is 1.00 bits per heavy atom. The Morgan fingerprint density at radius 3 is 2.44 bits per heavy atom. The number of nitriles is 1. The highest BCUT2D eigenvalue weighted by Gasteiger charge is 2.15. The van der Waals surface area contributed by atoms with Crippen molar-refractivity contribution in [1.82, 2.24) is 4.40 Å². The predicted molar refractivity (Wildman–Crippen MR) is 72.3 cm³/mol. The third-order valence-corrected chi connectivity index (χ3v) is 3.25. The lowest BCUT2D eigenvalue weighted by Gasteiger charge is -2.03. The number of fused-ring (bicyclic) bond motifs is 1. The number of aromatic nitrogens is 1. The van der Waals surface area contributed by atoms with Crippen molar-refractivity contribution in [2.75, 3.05) is 0 Å². The summed E-state index contributed by atoms with van der Waals surface area (Å²) in [6.07, 6.45) is 2.01. The summed E-state index contributed by atoms with van der Waals surface area (Å²) >= 11 is 0. The van der Waals surface area contributed by atoms with Crippen molar-refractivity contribution in [2.45, 2.75) is 6.92 Å².